The Labute approximate surface area is 107 Å². The van der Waals surface area contributed by atoms with Crippen LogP contribution >= 0.6 is 0 Å². The Morgan fingerprint density at radius 2 is 1.95 bits per heavy atom. The van der Waals surface area contributed by atoms with Gasteiger partial charge in [0.25, 0.3) is 0 Å². The third-order valence-corrected chi connectivity index (χ3v) is 2.79. The van der Waals surface area contributed by atoms with Gasteiger partial charge >= 0.3 is 6.01 Å². The van der Waals surface area contributed by atoms with Crippen LogP contribution in [0.4, 0.5) is 15.9 Å². The molecular formula is C12H10FN5O. The largest absolute Gasteiger partial charge is 0.479 e. The summed E-state index contributed by atoms with van der Waals surface area (Å²) in [5.41, 5.74) is 1.71. The molecule has 0 atom stereocenters. The van der Waals surface area contributed by atoms with Gasteiger partial charge in [0.1, 0.15) is 11.3 Å². The number of aromatic hydroxyl groups is 1. The Hall–Kier alpha value is -2.70. The van der Waals surface area contributed by atoms with Crippen LogP contribution in [-0.2, 0) is 0 Å². The molecule has 7 heteroatoms. The molecule has 1 aromatic carbocycles. The first-order valence-electron chi connectivity index (χ1n) is 5.54. The Morgan fingerprint density at radius 1 is 1.21 bits per heavy atom. The number of aromatic nitrogens is 4. The zero-order chi connectivity index (χ0) is 13.4. The van der Waals surface area contributed by atoms with Crippen LogP contribution in [0.5, 0.6) is 6.01 Å². The lowest BCUT2D eigenvalue weighted by Crippen LogP contribution is -2.12. The predicted octanol–water partition coefficient (Wildman–Crippen LogP) is 1.97. The van der Waals surface area contributed by atoms with Gasteiger partial charge in [0.05, 0.1) is 6.33 Å². The van der Waals surface area contributed by atoms with E-state index < -0.39 is 0 Å². The number of benzene rings is 1. The minimum atomic E-state index is -0.358. The molecule has 0 amide bonds. The second-order valence-corrected chi connectivity index (χ2v) is 3.98. The molecule has 0 fully saturated rings. The summed E-state index contributed by atoms with van der Waals surface area (Å²) in [4.78, 5) is 16.4. The molecule has 0 aliphatic heterocycles. The standard InChI is InChI=1S/C12H10FN5O/c1-18(8-4-2-7(13)3-5-8)11-9-10(15-6-14-9)16-12(19)17-11/h2-6H,1H3,(H2,14,15,16,17,19). The minimum Gasteiger partial charge on any atom is -0.479 e. The zero-order valence-electron chi connectivity index (χ0n) is 10.0. The second-order valence-electron chi connectivity index (χ2n) is 3.98. The van der Waals surface area contributed by atoms with Crippen molar-refractivity contribution in [3.63, 3.8) is 0 Å². The normalized spacial score (nSPS) is 10.8. The Morgan fingerprint density at radius 3 is 2.68 bits per heavy atom. The highest BCUT2D eigenvalue weighted by Crippen LogP contribution is 2.28. The van der Waals surface area contributed by atoms with Crippen molar-refractivity contribution in [1.29, 1.82) is 0 Å². The van der Waals surface area contributed by atoms with Gasteiger partial charge < -0.3 is 15.0 Å². The Bertz CT molecular complexity index is 725. The van der Waals surface area contributed by atoms with Crippen molar-refractivity contribution in [2.24, 2.45) is 0 Å². The predicted molar refractivity (Wildman–Crippen MR) is 67.8 cm³/mol. The van der Waals surface area contributed by atoms with E-state index in [1.807, 2.05) is 0 Å². The average Bonchev–Trinajstić information content (AvgIpc) is 2.85. The van der Waals surface area contributed by atoms with Gasteiger partial charge in [-0.05, 0) is 24.3 Å². The van der Waals surface area contributed by atoms with Crippen molar-refractivity contribution in [2.75, 3.05) is 11.9 Å². The van der Waals surface area contributed by atoms with Gasteiger partial charge in [-0.25, -0.2) is 9.37 Å². The minimum absolute atomic E-state index is 0.311. The van der Waals surface area contributed by atoms with E-state index in [0.717, 1.165) is 5.69 Å². The molecule has 2 N–H and O–H groups in total. The number of hydrogen-bond acceptors (Lipinski definition) is 5. The highest BCUT2D eigenvalue weighted by atomic mass is 19.1. The van der Waals surface area contributed by atoms with Gasteiger partial charge in [-0.2, -0.15) is 9.97 Å². The summed E-state index contributed by atoms with van der Waals surface area (Å²) >= 11 is 0. The molecule has 0 saturated carbocycles. The SMILES string of the molecule is CN(c1ccc(F)cc1)c1nc(O)nc2nc[nH]c12. The number of halogens is 1. The van der Waals surface area contributed by atoms with Crippen molar-refractivity contribution in [3.8, 4) is 6.01 Å². The van der Waals surface area contributed by atoms with Crippen LogP contribution in [0.1, 0.15) is 0 Å². The number of nitrogens with zero attached hydrogens (tertiary/aromatic N) is 4. The van der Waals surface area contributed by atoms with Gasteiger partial charge in [0, 0.05) is 12.7 Å². The lowest BCUT2D eigenvalue weighted by Gasteiger charge is -2.18. The van der Waals surface area contributed by atoms with Crippen LogP contribution in [-0.4, -0.2) is 32.1 Å². The van der Waals surface area contributed by atoms with Gasteiger partial charge in [-0.1, -0.05) is 0 Å². The van der Waals surface area contributed by atoms with E-state index in [0.29, 0.717) is 17.0 Å². The van der Waals surface area contributed by atoms with Gasteiger partial charge in [-0.15, -0.1) is 0 Å². The lowest BCUT2D eigenvalue weighted by molar-refractivity contribution is 0.433. The lowest BCUT2D eigenvalue weighted by atomic mass is 10.3. The number of H-pyrrole nitrogens is 1. The van der Waals surface area contributed by atoms with Crippen LogP contribution in [0.2, 0.25) is 0 Å². The summed E-state index contributed by atoms with van der Waals surface area (Å²) in [6, 6.07) is 5.60. The highest BCUT2D eigenvalue weighted by Gasteiger charge is 2.14. The summed E-state index contributed by atoms with van der Waals surface area (Å²) < 4.78 is 12.9. The summed E-state index contributed by atoms with van der Waals surface area (Å²) in [5, 5.41) is 9.51. The van der Waals surface area contributed by atoms with Crippen molar-refractivity contribution in [2.45, 2.75) is 0 Å². The molecule has 0 aliphatic carbocycles. The van der Waals surface area contributed by atoms with E-state index in [4.69, 9.17) is 0 Å². The molecule has 0 spiro atoms. The Kier molecular flexibility index (Phi) is 2.52. The topological polar surface area (TPSA) is 77.9 Å². The first-order valence-corrected chi connectivity index (χ1v) is 5.54. The molecule has 19 heavy (non-hydrogen) atoms. The van der Waals surface area contributed by atoms with E-state index in [-0.39, 0.29) is 11.8 Å². The summed E-state index contributed by atoms with van der Waals surface area (Å²) in [5.74, 6) is 0.154. The maximum Gasteiger partial charge on any atom is 0.318 e. The van der Waals surface area contributed by atoms with Crippen LogP contribution < -0.4 is 4.90 Å². The summed E-state index contributed by atoms with van der Waals surface area (Å²) in [6.45, 7) is 0. The van der Waals surface area contributed by atoms with Gasteiger partial charge in [-0.3, -0.25) is 0 Å². The molecule has 6 nitrogen and oxygen atoms in total. The first-order chi connectivity index (χ1) is 9.15. The molecule has 96 valence electrons. The third kappa shape index (κ3) is 1.95. The van der Waals surface area contributed by atoms with Crippen LogP contribution in [0.25, 0.3) is 11.2 Å². The van der Waals surface area contributed by atoms with Crippen LogP contribution in [0, 0.1) is 5.82 Å². The first kappa shape index (κ1) is 11.4. The number of rotatable bonds is 2. The van der Waals surface area contributed by atoms with E-state index in [2.05, 4.69) is 19.9 Å². The monoisotopic (exact) mass is 259 g/mol. The van der Waals surface area contributed by atoms with Crippen molar-refractivity contribution in [1.82, 2.24) is 19.9 Å². The molecule has 2 aromatic heterocycles. The second kappa shape index (κ2) is 4.20. The van der Waals surface area contributed by atoms with Crippen molar-refractivity contribution < 1.29 is 9.50 Å². The maximum absolute atomic E-state index is 12.9. The summed E-state index contributed by atoms with van der Waals surface area (Å²) in [7, 11) is 1.76. The zero-order valence-corrected chi connectivity index (χ0v) is 10.0. The smallest absolute Gasteiger partial charge is 0.318 e. The Balaban J connectivity index is 2.12. The quantitative estimate of drug-likeness (QED) is 0.735. The average molecular weight is 259 g/mol. The number of aromatic amines is 1. The number of hydrogen-bond donors (Lipinski definition) is 2. The molecule has 0 aliphatic rings. The fraction of sp³-hybridized carbons (Fsp3) is 0.0833. The number of nitrogens with one attached hydrogen (secondary N) is 1. The molecule has 0 radical (unpaired) electrons. The number of anilines is 2. The molecule has 0 bridgehead atoms. The van der Waals surface area contributed by atoms with Crippen molar-refractivity contribution in [3.05, 3.63) is 36.4 Å². The molecule has 3 rings (SSSR count). The fourth-order valence-corrected chi connectivity index (χ4v) is 1.84. The van der Waals surface area contributed by atoms with E-state index in [9.17, 15) is 9.50 Å². The maximum atomic E-state index is 12.9. The van der Waals surface area contributed by atoms with Crippen molar-refractivity contribution >= 4 is 22.7 Å². The van der Waals surface area contributed by atoms with E-state index in [1.165, 1.54) is 18.5 Å². The van der Waals surface area contributed by atoms with E-state index >= 15 is 0 Å². The van der Waals surface area contributed by atoms with Crippen LogP contribution in [0.15, 0.2) is 30.6 Å². The van der Waals surface area contributed by atoms with Gasteiger partial charge in [0.15, 0.2) is 11.5 Å². The van der Waals surface area contributed by atoms with E-state index in [1.54, 1.807) is 24.1 Å². The molecule has 3 aromatic rings. The molecule has 2 heterocycles. The van der Waals surface area contributed by atoms with Crippen LogP contribution in [0.3, 0.4) is 0 Å². The molecular weight excluding hydrogens is 249 g/mol. The summed E-state index contributed by atoms with van der Waals surface area (Å²) in [6.07, 6.45) is 1.47. The molecule has 0 saturated heterocycles. The fourth-order valence-electron chi connectivity index (χ4n) is 1.84. The third-order valence-electron chi connectivity index (χ3n) is 2.79. The molecule has 0 unspecified atom stereocenters. The number of imidazole rings is 1. The highest BCUT2D eigenvalue weighted by molar-refractivity contribution is 5.86. The number of fused-ring (bicyclic) bond motifs is 1. The van der Waals surface area contributed by atoms with Gasteiger partial charge in [0.2, 0.25) is 0 Å².